The van der Waals surface area contributed by atoms with E-state index in [-0.39, 0.29) is 0 Å². The van der Waals surface area contributed by atoms with Gasteiger partial charge in [-0.1, -0.05) is 0 Å². The summed E-state index contributed by atoms with van der Waals surface area (Å²) in [6.45, 7) is 0. The third-order valence-electron chi connectivity index (χ3n) is 2.69. The molecule has 3 nitrogen and oxygen atoms in total. The lowest BCUT2D eigenvalue weighted by Crippen LogP contribution is -2.04. The van der Waals surface area contributed by atoms with Crippen LogP contribution in [0.1, 0.15) is 24.0 Å². The zero-order valence-electron chi connectivity index (χ0n) is 10.5. The van der Waals surface area contributed by atoms with Crippen molar-refractivity contribution < 1.29 is 4.74 Å². The van der Waals surface area contributed by atoms with Crippen molar-refractivity contribution in [1.82, 2.24) is 5.32 Å². The molecule has 0 heterocycles. The van der Waals surface area contributed by atoms with E-state index in [4.69, 9.17) is 10.5 Å². The van der Waals surface area contributed by atoms with Gasteiger partial charge in [-0.2, -0.15) is 0 Å². The van der Waals surface area contributed by atoms with Gasteiger partial charge in [-0.25, -0.2) is 0 Å². The first-order chi connectivity index (χ1) is 7.72. The van der Waals surface area contributed by atoms with Crippen LogP contribution in [0, 0.1) is 0 Å². The number of nitrogens with one attached hydrogen (secondary N) is 1. The molecule has 0 unspecified atom stereocenters. The quantitative estimate of drug-likeness (QED) is 0.714. The minimum atomic E-state index is 0.767. The van der Waals surface area contributed by atoms with Gasteiger partial charge < -0.3 is 15.8 Å². The van der Waals surface area contributed by atoms with E-state index >= 15 is 0 Å². The zero-order chi connectivity index (χ0) is 12.0. The van der Waals surface area contributed by atoms with Crippen LogP contribution in [-0.2, 0) is 12.8 Å². The number of ether oxygens (including phenoxy) is 1. The van der Waals surface area contributed by atoms with Crippen molar-refractivity contribution in [3.63, 3.8) is 0 Å². The van der Waals surface area contributed by atoms with Gasteiger partial charge in [0, 0.05) is 0 Å². The lowest BCUT2D eigenvalue weighted by molar-refractivity contribution is 0.416. The molecule has 0 radical (unpaired) electrons. The van der Waals surface area contributed by atoms with Gasteiger partial charge in [-0.05, 0) is 63.0 Å². The van der Waals surface area contributed by atoms with Gasteiger partial charge in [-0.15, -0.1) is 0 Å². The Bertz CT molecular complexity index is 337. The van der Waals surface area contributed by atoms with Gasteiger partial charge in [0.1, 0.15) is 5.75 Å². The fourth-order valence-corrected chi connectivity index (χ4v) is 1.96. The third-order valence-corrected chi connectivity index (χ3v) is 2.69. The van der Waals surface area contributed by atoms with Crippen molar-refractivity contribution >= 4 is 5.69 Å². The van der Waals surface area contributed by atoms with Gasteiger partial charge in [0.05, 0.1) is 12.8 Å². The standard InChI is InChI=1S/C11H15NO.C2H7N/c1-13-11-7-9-5-3-2-4-8(9)6-10(11)12;1-3-2/h6-7H,2-5,12H2,1H3;3H,1-2H3. The SMILES string of the molecule is CNC.COc1cc2c(cc1N)CCCC2. The summed E-state index contributed by atoms with van der Waals surface area (Å²) < 4.78 is 5.19. The number of fused-ring (bicyclic) bond motifs is 1. The largest absolute Gasteiger partial charge is 0.495 e. The van der Waals surface area contributed by atoms with Gasteiger partial charge in [-0.3, -0.25) is 0 Å². The Morgan fingerprint density at radius 1 is 1.12 bits per heavy atom. The molecule has 0 aliphatic heterocycles. The minimum Gasteiger partial charge on any atom is -0.495 e. The number of benzene rings is 1. The summed E-state index contributed by atoms with van der Waals surface area (Å²) in [5.41, 5.74) is 9.42. The van der Waals surface area contributed by atoms with Crippen molar-refractivity contribution in [2.24, 2.45) is 0 Å². The van der Waals surface area contributed by atoms with Crippen LogP contribution >= 0.6 is 0 Å². The maximum absolute atomic E-state index is 5.83. The fraction of sp³-hybridized carbons (Fsp3) is 0.538. The van der Waals surface area contributed by atoms with Crippen LogP contribution in [0.3, 0.4) is 0 Å². The second-order valence-electron chi connectivity index (χ2n) is 4.07. The molecule has 1 aromatic rings. The summed E-state index contributed by atoms with van der Waals surface area (Å²) in [5.74, 6) is 0.820. The van der Waals surface area contributed by atoms with Crippen LogP contribution in [0.15, 0.2) is 12.1 Å². The molecule has 3 N–H and O–H groups in total. The molecule has 0 spiro atoms. The van der Waals surface area contributed by atoms with Crippen molar-refractivity contribution in [2.45, 2.75) is 25.7 Å². The highest BCUT2D eigenvalue weighted by molar-refractivity contribution is 5.57. The van der Waals surface area contributed by atoms with E-state index in [1.807, 2.05) is 14.1 Å². The molecule has 0 fully saturated rings. The molecule has 0 aromatic heterocycles. The molecule has 0 saturated heterocycles. The maximum atomic E-state index is 5.83. The van der Waals surface area contributed by atoms with Crippen molar-refractivity contribution in [3.8, 4) is 5.75 Å². The second-order valence-corrected chi connectivity index (χ2v) is 4.07. The highest BCUT2D eigenvalue weighted by atomic mass is 16.5. The molecule has 1 aromatic carbocycles. The lowest BCUT2D eigenvalue weighted by Gasteiger charge is -2.17. The highest BCUT2D eigenvalue weighted by Crippen LogP contribution is 2.30. The van der Waals surface area contributed by atoms with Gasteiger partial charge in [0.25, 0.3) is 0 Å². The van der Waals surface area contributed by atoms with Crippen molar-refractivity contribution in [2.75, 3.05) is 26.9 Å². The van der Waals surface area contributed by atoms with Crippen LogP contribution in [0.25, 0.3) is 0 Å². The predicted molar refractivity (Wildman–Crippen MR) is 69.0 cm³/mol. The highest BCUT2D eigenvalue weighted by Gasteiger charge is 2.11. The van der Waals surface area contributed by atoms with Crippen LogP contribution < -0.4 is 15.8 Å². The van der Waals surface area contributed by atoms with E-state index in [1.54, 1.807) is 7.11 Å². The molecule has 2 rings (SSSR count). The number of rotatable bonds is 1. The normalized spacial score (nSPS) is 13.4. The maximum Gasteiger partial charge on any atom is 0.142 e. The molecule has 0 amide bonds. The van der Waals surface area contributed by atoms with Gasteiger partial charge in [0.15, 0.2) is 0 Å². The van der Waals surface area contributed by atoms with E-state index in [2.05, 4.69) is 17.4 Å². The average molecular weight is 222 g/mol. The first-order valence-corrected chi connectivity index (χ1v) is 5.76. The van der Waals surface area contributed by atoms with Crippen molar-refractivity contribution in [3.05, 3.63) is 23.3 Å². The summed E-state index contributed by atoms with van der Waals surface area (Å²) in [5, 5.41) is 2.75. The Labute approximate surface area is 98.0 Å². The number of nitrogen functional groups attached to an aromatic ring is 1. The minimum absolute atomic E-state index is 0.767. The second kappa shape index (κ2) is 6.38. The topological polar surface area (TPSA) is 47.3 Å². The summed E-state index contributed by atoms with van der Waals surface area (Å²) >= 11 is 0. The Balaban J connectivity index is 0.000000386. The molecule has 90 valence electrons. The number of aryl methyl sites for hydroxylation is 2. The molecule has 0 atom stereocenters. The van der Waals surface area contributed by atoms with E-state index in [0.29, 0.717) is 0 Å². The molecule has 3 heteroatoms. The van der Waals surface area contributed by atoms with Crippen LogP contribution in [0.4, 0.5) is 5.69 Å². The predicted octanol–water partition coefficient (Wildman–Crippen LogP) is 1.99. The first kappa shape index (κ1) is 12.8. The Morgan fingerprint density at radius 2 is 1.62 bits per heavy atom. The van der Waals surface area contributed by atoms with Crippen LogP contribution in [0.2, 0.25) is 0 Å². The van der Waals surface area contributed by atoms with E-state index in [1.165, 1.54) is 36.8 Å². The van der Waals surface area contributed by atoms with E-state index in [0.717, 1.165) is 11.4 Å². The first-order valence-electron chi connectivity index (χ1n) is 5.76. The molecule has 1 aliphatic carbocycles. The van der Waals surface area contributed by atoms with Gasteiger partial charge >= 0.3 is 0 Å². The third kappa shape index (κ3) is 3.14. The average Bonchev–Trinajstić information content (AvgIpc) is 2.29. The number of hydrogen-bond donors (Lipinski definition) is 2. The Hall–Kier alpha value is -1.22. The number of anilines is 1. The molecule has 0 bridgehead atoms. The monoisotopic (exact) mass is 222 g/mol. The summed E-state index contributed by atoms with van der Waals surface area (Å²) in [7, 11) is 5.42. The lowest BCUT2D eigenvalue weighted by atomic mass is 9.91. The fourth-order valence-electron chi connectivity index (χ4n) is 1.96. The molecular weight excluding hydrogens is 200 g/mol. The molecular formula is C13H22N2O. The molecule has 16 heavy (non-hydrogen) atoms. The van der Waals surface area contributed by atoms with E-state index in [9.17, 15) is 0 Å². The zero-order valence-corrected chi connectivity index (χ0v) is 10.5. The summed E-state index contributed by atoms with van der Waals surface area (Å²) in [6.07, 6.45) is 4.92. The van der Waals surface area contributed by atoms with E-state index < -0.39 is 0 Å². The Morgan fingerprint density at radius 3 is 2.12 bits per heavy atom. The van der Waals surface area contributed by atoms with Crippen LogP contribution in [0.5, 0.6) is 5.75 Å². The van der Waals surface area contributed by atoms with Crippen molar-refractivity contribution in [1.29, 1.82) is 0 Å². The number of methoxy groups -OCH3 is 1. The smallest absolute Gasteiger partial charge is 0.142 e. The van der Waals surface area contributed by atoms with Gasteiger partial charge in [0.2, 0.25) is 0 Å². The Kier molecular flexibility index (Phi) is 5.12. The number of nitrogens with two attached hydrogens (primary N) is 1. The molecule has 1 aliphatic rings. The summed E-state index contributed by atoms with van der Waals surface area (Å²) in [4.78, 5) is 0. The van der Waals surface area contributed by atoms with Crippen LogP contribution in [-0.4, -0.2) is 21.2 Å². The molecule has 0 saturated carbocycles. The number of hydrogen-bond acceptors (Lipinski definition) is 3. The summed E-state index contributed by atoms with van der Waals surface area (Å²) in [6, 6.07) is 4.15.